The molecule has 224 valence electrons. The second-order valence-corrected chi connectivity index (χ2v) is 12.5. The first-order valence-corrected chi connectivity index (χ1v) is 16.5. The van der Waals surface area contributed by atoms with Crippen molar-refractivity contribution in [3.63, 3.8) is 0 Å². The van der Waals surface area contributed by atoms with E-state index in [9.17, 15) is 0 Å². The molecule has 10 rings (SSSR count). The molecule has 48 heavy (non-hydrogen) atoms. The molecule has 2 heterocycles. The summed E-state index contributed by atoms with van der Waals surface area (Å²) in [5.41, 5.74) is 12.1. The van der Waals surface area contributed by atoms with Crippen molar-refractivity contribution in [2.24, 2.45) is 0 Å². The van der Waals surface area contributed by atoms with Crippen LogP contribution in [0.15, 0.2) is 182 Å². The Morgan fingerprint density at radius 3 is 1.02 bits per heavy atom. The summed E-state index contributed by atoms with van der Waals surface area (Å²) in [6, 6.07) is 66.1. The first-order chi connectivity index (χ1) is 23.8. The van der Waals surface area contributed by atoms with Gasteiger partial charge in [-0.05, 0) is 70.8 Å². The molecular formula is C46H30N2. The molecule has 2 nitrogen and oxygen atoms in total. The van der Waals surface area contributed by atoms with Gasteiger partial charge < -0.3 is 9.13 Å². The fraction of sp³-hybridized carbons (Fsp3) is 0. The Morgan fingerprint density at radius 2 is 0.625 bits per heavy atom. The maximum absolute atomic E-state index is 2.48. The van der Waals surface area contributed by atoms with Gasteiger partial charge in [0.05, 0.1) is 22.1 Å². The van der Waals surface area contributed by atoms with Crippen LogP contribution in [-0.2, 0) is 0 Å². The summed E-state index contributed by atoms with van der Waals surface area (Å²) in [4.78, 5) is 0. The number of benzene rings is 8. The minimum absolute atomic E-state index is 1.16. The Bertz CT molecular complexity index is 2600. The molecule has 0 radical (unpaired) electrons. The van der Waals surface area contributed by atoms with Gasteiger partial charge in [0.25, 0.3) is 0 Å². The predicted molar refractivity (Wildman–Crippen MR) is 203 cm³/mol. The molecule has 8 aromatic carbocycles. The summed E-state index contributed by atoms with van der Waals surface area (Å²) < 4.78 is 4.96. The van der Waals surface area contributed by atoms with Crippen LogP contribution in [0.5, 0.6) is 0 Å². The van der Waals surface area contributed by atoms with Crippen LogP contribution in [0, 0.1) is 0 Å². The van der Waals surface area contributed by atoms with Crippen LogP contribution in [0.3, 0.4) is 0 Å². The van der Waals surface area contributed by atoms with Gasteiger partial charge in [0, 0.05) is 43.7 Å². The zero-order chi connectivity index (χ0) is 31.6. The summed E-state index contributed by atoms with van der Waals surface area (Å²) in [5, 5.41) is 7.55. The van der Waals surface area contributed by atoms with E-state index in [1.54, 1.807) is 0 Å². The van der Waals surface area contributed by atoms with Crippen molar-refractivity contribution in [3.05, 3.63) is 182 Å². The van der Waals surface area contributed by atoms with Crippen molar-refractivity contribution in [1.82, 2.24) is 9.13 Å². The van der Waals surface area contributed by atoms with Crippen LogP contribution in [0.25, 0.3) is 88.0 Å². The average molecular weight is 611 g/mol. The molecule has 10 aromatic rings. The second-order valence-electron chi connectivity index (χ2n) is 12.5. The largest absolute Gasteiger partial charge is 0.309 e. The zero-order valence-corrected chi connectivity index (χ0v) is 26.2. The normalized spacial score (nSPS) is 11.8. The molecule has 2 heteroatoms. The molecule has 0 N–H and O–H groups in total. The van der Waals surface area contributed by atoms with Crippen molar-refractivity contribution in [2.45, 2.75) is 0 Å². The summed E-state index contributed by atoms with van der Waals surface area (Å²) in [5.74, 6) is 0. The number of nitrogens with zero attached hydrogens (tertiary/aromatic N) is 2. The smallest absolute Gasteiger partial charge is 0.0627 e. The monoisotopic (exact) mass is 610 g/mol. The number of rotatable bonds is 4. The van der Waals surface area contributed by atoms with Crippen molar-refractivity contribution in [1.29, 1.82) is 0 Å². The standard InChI is InChI=1S/C46H30N2/c1-5-15-31(16-6-1)33-25-27-41-39(29-33)43-44-40-30-34(32-17-7-2-8-18-32)26-28-42(40)48(36-21-11-4-12-22-36)46(44)38-24-14-13-23-37(38)45(43)47(41)35-19-9-3-10-20-35/h1-30H. The Morgan fingerprint density at radius 1 is 0.271 bits per heavy atom. The minimum Gasteiger partial charge on any atom is -0.309 e. The third-order valence-electron chi connectivity index (χ3n) is 9.86. The van der Waals surface area contributed by atoms with Gasteiger partial charge >= 0.3 is 0 Å². The number of para-hydroxylation sites is 2. The van der Waals surface area contributed by atoms with Gasteiger partial charge in [0.1, 0.15) is 0 Å². The Kier molecular flexibility index (Phi) is 5.91. The summed E-state index contributed by atoms with van der Waals surface area (Å²) >= 11 is 0. The molecule has 0 saturated carbocycles. The molecule has 0 unspecified atom stereocenters. The molecular weight excluding hydrogens is 581 g/mol. The first-order valence-electron chi connectivity index (χ1n) is 16.5. The van der Waals surface area contributed by atoms with Gasteiger partial charge in [0.15, 0.2) is 0 Å². The van der Waals surface area contributed by atoms with Crippen molar-refractivity contribution in [3.8, 4) is 33.6 Å². The summed E-state index contributed by atoms with van der Waals surface area (Å²) in [7, 11) is 0. The lowest BCUT2D eigenvalue weighted by atomic mass is 9.96. The van der Waals surface area contributed by atoms with Gasteiger partial charge in [0.2, 0.25) is 0 Å². The van der Waals surface area contributed by atoms with Gasteiger partial charge in [-0.1, -0.05) is 133 Å². The molecule has 0 amide bonds. The number of hydrogen-bond acceptors (Lipinski definition) is 0. The molecule has 2 aromatic heterocycles. The van der Waals surface area contributed by atoms with E-state index >= 15 is 0 Å². The highest BCUT2D eigenvalue weighted by atomic mass is 15.0. The third kappa shape index (κ3) is 3.93. The van der Waals surface area contributed by atoms with Crippen LogP contribution < -0.4 is 0 Å². The lowest BCUT2D eigenvalue weighted by Gasteiger charge is -2.13. The highest BCUT2D eigenvalue weighted by Gasteiger charge is 2.25. The highest BCUT2D eigenvalue weighted by molar-refractivity contribution is 6.37. The van der Waals surface area contributed by atoms with Crippen LogP contribution in [-0.4, -0.2) is 9.13 Å². The van der Waals surface area contributed by atoms with Crippen LogP contribution >= 0.6 is 0 Å². The molecule has 0 aliphatic heterocycles. The molecule has 0 saturated heterocycles. The predicted octanol–water partition coefficient (Wildman–Crippen LogP) is 12.4. The van der Waals surface area contributed by atoms with E-state index in [0.29, 0.717) is 0 Å². The van der Waals surface area contributed by atoms with E-state index in [-0.39, 0.29) is 0 Å². The summed E-state index contributed by atoms with van der Waals surface area (Å²) in [6.45, 7) is 0. The Balaban J connectivity index is 1.49. The van der Waals surface area contributed by atoms with Crippen LogP contribution in [0.2, 0.25) is 0 Å². The fourth-order valence-corrected chi connectivity index (χ4v) is 7.81. The third-order valence-corrected chi connectivity index (χ3v) is 9.86. The van der Waals surface area contributed by atoms with E-state index in [1.165, 1.54) is 76.6 Å². The number of hydrogen-bond donors (Lipinski definition) is 0. The highest BCUT2D eigenvalue weighted by Crippen LogP contribution is 2.48. The van der Waals surface area contributed by atoms with E-state index in [4.69, 9.17) is 0 Å². The lowest BCUT2D eigenvalue weighted by Crippen LogP contribution is -1.96. The summed E-state index contributed by atoms with van der Waals surface area (Å²) in [6.07, 6.45) is 0. The van der Waals surface area contributed by atoms with E-state index in [0.717, 1.165) is 11.4 Å². The average Bonchev–Trinajstić information content (AvgIpc) is 3.69. The van der Waals surface area contributed by atoms with Crippen molar-refractivity contribution < 1.29 is 0 Å². The van der Waals surface area contributed by atoms with Crippen molar-refractivity contribution in [2.75, 3.05) is 0 Å². The first kappa shape index (κ1) is 26.8. The maximum Gasteiger partial charge on any atom is 0.0627 e. The van der Waals surface area contributed by atoms with Gasteiger partial charge in [-0.3, -0.25) is 0 Å². The second kappa shape index (κ2) is 10.6. The topological polar surface area (TPSA) is 9.86 Å². The van der Waals surface area contributed by atoms with E-state index < -0.39 is 0 Å². The van der Waals surface area contributed by atoms with Gasteiger partial charge in [-0.25, -0.2) is 0 Å². The molecule has 0 aliphatic carbocycles. The van der Waals surface area contributed by atoms with Crippen LogP contribution in [0.4, 0.5) is 0 Å². The van der Waals surface area contributed by atoms with Crippen molar-refractivity contribution >= 4 is 54.4 Å². The SMILES string of the molecule is c1ccc(-c2ccc3c(c2)c2c4c5cc(-c6ccccc6)ccc5n(-c5ccccc5)c4c4ccccc4c2n3-c2ccccc2)cc1. The van der Waals surface area contributed by atoms with E-state index in [2.05, 4.69) is 191 Å². The molecule has 0 bridgehead atoms. The molecule has 0 fully saturated rings. The molecule has 0 aliphatic rings. The van der Waals surface area contributed by atoms with Gasteiger partial charge in [-0.15, -0.1) is 0 Å². The van der Waals surface area contributed by atoms with Crippen LogP contribution in [0.1, 0.15) is 0 Å². The Labute approximate surface area is 278 Å². The quantitative estimate of drug-likeness (QED) is 0.188. The Hall–Kier alpha value is -6.38. The minimum atomic E-state index is 1.16. The van der Waals surface area contributed by atoms with Gasteiger partial charge in [-0.2, -0.15) is 0 Å². The van der Waals surface area contributed by atoms with E-state index in [1.807, 2.05) is 0 Å². The fourth-order valence-electron chi connectivity index (χ4n) is 7.81. The zero-order valence-electron chi connectivity index (χ0n) is 26.2. The lowest BCUT2D eigenvalue weighted by molar-refractivity contribution is 1.18. The molecule has 0 atom stereocenters. The maximum atomic E-state index is 2.48. The molecule has 0 spiro atoms. The number of fused-ring (bicyclic) bond motifs is 10. The number of aromatic nitrogens is 2.